The lowest BCUT2D eigenvalue weighted by Crippen LogP contribution is -2.27. The lowest BCUT2D eigenvalue weighted by molar-refractivity contribution is -0.159. The number of halogens is 2. The normalized spacial score (nSPS) is 11.7. The average Bonchev–Trinajstić information content (AvgIpc) is 2.74. The lowest BCUT2D eigenvalue weighted by atomic mass is 10.2. The minimum atomic E-state index is -3.64. The van der Waals surface area contributed by atoms with E-state index in [4.69, 9.17) is 4.74 Å². The van der Waals surface area contributed by atoms with Gasteiger partial charge in [0.25, 0.3) is 0 Å². The minimum Gasteiger partial charge on any atom is -0.497 e. The molecule has 2 rings (SSSR count). The van der Waals surface area contributed by atoms with Crippen molar-refractivity contribution < 1.29 is 23.0 Å². The number of ether oxygens (including phenoxy) is 2. The first-order valence-electron chi connectivity index (χ1n) is 6.29. The summed E-state index contributed by atoms with van der Waals surface area (Å²) in [5.41, 5.74) is 1.27. The third kappa shape index (κ3) is 3.12. The Morgan fingerprint density at radius 1 is 1.43 bits per heavy atom. The molecule has 0 radical (unpaired) electrons. The topological polar surface area (TPSA) is 51.3 Å². The van der Waals surface area contributed by atoms with Crippen molar-refractivity contribution in [2.75, 3.05) is 13.7 Å². The molecule has 0 amide bonds. The number of carbonyl (C=O) groups is 1. The maximum Gasteiger partial charge on any atom is 0.393 e. The van der Waals surface area contributed by atoms with Crippen molar-refractivity contribution in [3.63, 3.8) is 0 Å². The van der Waals surface area contributed by atoms with Crippen molar-refractivity contribution in [2.24, 2.45) is 0 Å². The molecule has 114 valence electrons. The van der Waals surface area contributed by atoms with Gasteiger partial charge < -0.3 is 14.5 Å². The number of methoxy groups -OCH3 is 1. The van der Waals surface area contributed by atoms with E-state index in [2.05, 4.69) is 9.72 Å². The van der Waals surface area contributed by atoms with Gasteiger partial charge in [-0.05, 0) is 43.8 Å². The molecule has 4 nitrogen and oxygen atoms in total. The summed E-state index contributed by atoms with van der Waals surface area (Å²) in [4.78, 5) is 14.7. The van der Waals surface area contributed by atoms with E-state index in [0.29, 0.717) is 27.2 Å². The third-order valence-electron chi connectivity index (χ3n) is 2.88. The van der Waals surface area contributed by atoms with E-state index < -0.39 is 11.2 Å². The predicted molar refractivity (Wildman–Crippen MR) is 77.0 cm³/mol. The van der Waals surface area contributed by atoms with E-state index in [1.807, 2.05) is 0 Å². The highest BCUT2D eigenvalue weighted by molar-refractivity contribution is 8.01. The third-order valence-corrected chi connectivity index (χ3v) is 4.03. The summed E-state index contributed by atoms with van der Waals surface area (Å²) in [5, 5.41) is -3.06. The number of alkyl halides is 2. The molecule has 0 aliphatic rings. The number of fused-ring (bicyclic) bond motifs is 1. The second-order valence-electron chi connectivity index (χ2n) is 4.33. The van der Waals surface area contributed by atoms with Crippen molar-refractivity contribution in [3.8, 4) is 5.75 Å². The number of H-pyrrole nitrogens is 1. The van der Waals surface area contributed by atoms with Gasteiger partial charge in [-0.15, -0.1) is 0 Å². The first-order valence-corrected chi connectivity index (χ1v) is 7.11. The van der Waals surface area contributed by atoms with E-state index >= 15 is 0 Å². The van der Waals surface area contributed by atoms with Crippen molar-refractivity contribution in [1.29, 1.82) is 0 Å². The quantitative estimate of drug-likeness (QED) is 0.675. The fraction of sp³-hybridized carbons (Fsp3) is 0.357. The molecule has 0 aliphatic heterocycles. The molecule has 0 aliphatic carbocycles. The van der Waals surface area contributed by atoms with Crippen LogP contribution in [-0.2, 0) is 9.53 Å². The number of thioether (sulfide) groups is 1. The van der Waals surface area contributed by atoms with Gasteiger partial charge in [0, 0.05) is 21.5 Å². The number of carbonyl (C=O) groups excluding carboxylic acids is 1. The molecule has 0 atom stereocenters. The van der Waals surface area contributed by atoms with Crippen LogP contribution in [0.3, 0.4) is 0 Å². The Labute approximate surface area is 124 Å². The Balaban J connectivity index is 2.41. The van der Waals surface area contributed by atoms with Gasteiger partial charge >= 0.3 is 11.2 Å². The van der Waals surface area contributed by atoms with E-state index in [1.54, 1.807) is 25.1 Å². The number of aromatic amines is 1. The van der Waals surface area contributed by atoms with E-state index in [-0.39, 0.29) is 18.4 Å². The second-order valence-corrected chi connectivity index (χ2v) is 5.46. The molecule has 21 heavy (non-hydrogen) atoms. The van der Waals surface area contributed by atoms with Crippen LogP contribution in [0.2, 0.25) is 0 Å². The number of rotatable bonds is 5. The summed E-state index contributed by atoms with van der Waals surface area (Å²) in [6.07, 6.45) is 0. The molecule has 0 bridgehead atoms. The maximum absolute atomic E-state index is 13.9. The number of aryl methyl sites for hydroxylation is 1. The molecule has 1 aromatic carbocycles. The van der Waals surface area contributed by atoms with Gasteiger partial charge in [0.15, 0.2) is 0 Å². The second kappa shape index (κ2) is 5.93. The molecule has 0 saturated heterocycles. The van der Waals surface area contributed by atoms with Gasteiger partial charge in [0.2, 0.25) is 0 Å². The zero-order valence-electron chi connectivity index (χ0n) is 11.8. The number of hydrogen-bond acceptors (Lipinski definition) is 4. The van der Waals surface area contributed by atoms with Gasteiger partial charge in [-0.3, -0.25) is 0 Å². The Morgan fingerprint density at radius 3 is 2.76 bits per heavy atom. The van der Waals surface area contributed by atoms with Crippen LogP contribution in [-0.4, -0.2) is 29.9 Å². The van der Waals surface area contributed by atoms with Gasteiger partial charge in [-0.2, -0.15) is 8.78 Å². The molecule has 1 N–H and O–H groups in total. The van der Waals surface area contributed by atoms with Crippen LogP contribution in [0, 0.1) is 6.92 Å². The molecule has 0 spiro atoms. The van der Waals surface area contributed by atoms with Gasteiger partial charge in [0.05, 0.1) is 13.7 Å². The van der Waals surface area contributed by atoms with Crippen molar-refractivity contribution in [3.05, 3.63) is 23.9 Å². The van der Waals surface area contributed by atoms with Crippen LogP contribution >= 0.6 is 11.8 Å². The largest absolute Gasteiger partial charge is 0.497 e. The predicted octanol–water partition coefficient (Wildman–Crippen LogP) is 3.73. The van der Waals surface area contributed by atoms with E-state index in [9.17, 15) is 13.6 Å². The summed E-state index contributed by atoms with van der Waals surface area (Å²) in [5.74, 6) is -0.977. The zero-order valence-corrected chi connectivity index (χ0v) is 12.6. The highest BCUT2D eigenvalue weighted by Crippen LogP contribution is 2.42. The average molecular weight is 315 g/mol. The molecule has 0 saturated carbocycles. The summed E-state index contributed by atoms with van der Waals surface area (Å²) < 4.78 is 37.3. The standard InChI is InChI=1S/C14H15F2NO3S/c1-4-20-13(18)14(15,16)21-12-8(2)17-11-6-5-9(19-3)7-10(11)12/h5-7,17H,4H2,1-3H3. The molecule has 0 fully saturated rings. The Bertz CT molecular complexity index is 670. The zero-order chi connectivity index (χ0) is 15.6. The van der Waals surface area contributed by atoms with Crippen LogP contribution in [0.25, 0.3) is 10.9 Å². The maximum atomic E-state index is 13.9. The van der Waals surface area contributed by atoms with Crippen LogP contribution in [0.15, 0.2) is 23.1 Å². The first kappa shape index (κ1) is 15.6. The van der Waals surface area contributed by atoms with Crippen molar-refractivity contribution >= 4 is 28.6 Å². The molecule has 1 heterocycles. The number of aromatic nitrogens is 1. The monoisotopic (exact) mass is 315 g/mol. The van der Waals surface area contributed by atoms with E-state index in [1.165, 1.54) is 14.0 Å². The van der Waals surface area contributed by atoms with Crippen LogP contribution in [0.1, 0.15) is 12.6 Å². The van der Waals surface area contributed by atoms with Crippen molar-refractivity contribution in [1.82, 2.24) is 4.98 Å². The fourth-order valence-corrected chi connectivity index (χ4v) is 2.81. The molecular weight excluding hydrogens is 300 g/mol. The summed E-state index contributed by atoms with van der Waals surface area (Å²) in [6, 6.07) is 5.13. The van der Waals surface area contributed by atoms with Crippen LogP contribution in [0.5, 0.6) is 5.75 Å². The minimum absolute atomic E-state index is 0.0876. The molecule has 0 unspecified atom stereocenters. The van der Waals surface area contributed by atoms with Crippen molar-refractivity contribution in [2.45, 2.75) is 24.0 Å². The highest BCUT2D eigenvalue weighted by atomic mass is 32.2. The first-order chi connectivity index (χ1) is 9.89. The number of benzene rings is 1. The van der Waals surface area contributed by atoms with Gasteiger partial charge in [-0.1, -0.05) is 0 Å². The Hall–Kier alpha value is -1.76. The van der Waals surface area contributed by atoms with Gasteiger partial charge in [-0.25, -0.2) is 4.79 Å². The van der Waals surface area contributed by atoms with Crippen LogP contribution in [0.4, 0.5) is 8.78 Å². The Morgan fingerprint density at radius 2 is 2.14 bits per heavy atom. The summed E-state index contributed by atoms with van der Waals surface area (Å²) >= 11 is 0.181. The SMILES string of the molecule is CCOC(=O)C(F)(F)Sc1c(C)[nH]c2ccc(OC)cc12. The van der Waals surface area contributed by atoms with E-state index in [0.717, 1.165) is 0 Å². The number of hydrogen-bond donors (Lipinski definition) is 1. The summed E-state index contributed by atoms with van der Waals surface area (Å²) in [7, 11) is 1.50. The molecular formula is C14H15F2NO3S. The van der Waals surface area contributed by atoms with Gasteiger partial charge in [0.1, 0.15) is 5.75 Å². The Kier molecular flexibility index (Phi) is 4.41. The molecule has 7 heteroatoms. The fourth-order valence-electron chi connectivity index (χ4n) is 1.92. The smallest absolute Gasteiger partial charge is 0.393 e. The lowest BCUT2D eigenvalue weighted by Gasteiger charge is -2.14. The number of nitrogens with one attached hydrogen (secondary N) is 1. The molecule has 2 aromatic rings. The highest BCUT2D eigenvalue weighted by Gasteiger charge is 2.43. The van der Waals surface area contributed by atoms with Crippen LogP contribution < -0.4 is 4.74 Å². The molecule has 1 aromatic heterocycles. The summed E-state index contributed by atoms with van der Waals surface area (Å²) in [6.45, 7) is 3.08. The number of esters is 1.